The molecule has 0 spiro atoms. The molecule has 4 heteroatoms. The fourth-order valence-electron chi connectivity index (χ4n) is 2.25. The Kier molecular flexibility index (Phi) is 4.56. The lowest BCUT2D eigenvalue weighted by Crippen LogP contribution is -2.35. The highest BCUT2D eigenvalue weighted by atomic mass is 16.5. The molecular formula is C15H21NO3. The highest BCUT2D eigenvalue weighted by Gasteiger charge is 2.45. The van der Waals surface area contributed by atoms with Gasteiger partial charge in [0, 0.05) is 0 Å². The zero-order valence-corrected chi connectivity index (χ0v) is 11.3. The lowest BCUT2D eigenvalue weighted by Gasteiger charge is -2.18. The number of hydrogen-bond donors (Lipinski definition) is 1. The van der Waals surface area contributed by atoms with E-state index in [2.05, 4.69) is 4.74 Å². The molecule has 1 aliphatic rings. The van der Waals surface area contributed by atoms with Crippen LogP contribution >= 0.6 is 0 Å². The topological polar surface area (TPSA) is 61.5 Å². The molecule has 0 radical (unpaired) electrons. The van der Waals surface area contributed by atoms with E-state index in [0.29, 0.717) is 19.6 Å². The summed E-state index contributed by atoms with van der Waals surface area (Å²) in [6.07, 6.45) is 2.80. The first-order valence-corrected chi connectivity index (χ1v) is 6.60. The third-order valence-corrected chi connectivity index (χ3v) is 3.63. The number of carbonyl (C=O) groups excluding carboxylic acids is 1. The summed E-state index contributed by atoms with van der Waals surface area (Å²) in [6, 6.07) is 9.53. The largest absolute Gasteiger partial charge is 0.468 e. The number of methoxy groups -OCH3 is 1. The van der Waals surface area contributed by atoms with E-state index in [1.54, 1.807) is 0 Å². The third kappa shape index (κ3) is 4.04. The van der Waals surface area contributed by atoms with E-state index >= 15 is 0 Å². The SMILES string of the molecule is COC(=O)[C@@H](N)CC1(COCc2ccccc2)CC1. The van der Waals surface area contributed by atoms with Crippen molar-refractivity contribution < 1.29 is 14.3 Å². The van der Waals surface area contributed by atoms with E-state index in [0.717, 1.165) is 18.4 Å². The molecule has 104 valence electrons. The van der Waals surface area contributed by atoms with Gasteiger partial charge in [-0.25, -0.2) is 0 Å². The van der Waals surface area contributed by atoms with Crippen molar-refractivity contribution in [2.75, 3.05) is 13.7 Å². The van der Waals surface area contributed by atoms with Gasteiger partial charge in [0.25, 0.3) is 0 Å². The second-order valence-electron chi connectivity index (χ2n) is 5.31. The van der Waals surface area contributed by atoms with Crippen LogP contribution in [0.15, 0.2) is 30.3 Å². The number of esters is 1. The summed E-state index contributed by atoms with van der Waals surface area (Å²) < 4.78 is 10.4. The zero-order valence-electron chi connectivity index (χ0n) is 11.3. The number of carbonyl (C=O) groups is 1. The van der Waals surface area contributed by atoms with Gasteiger partial charge in [0.15, 0.2) is 0 Å². The molecule has 0 bridgehead atoms. The van der Waals surface area contributed by atoms with E-state index in [1.807, 2.05) is 30.3 Å². The number of benzene rings is 1. The van der Waals surface area contributed by atoms with E-state index in [4.69, 9.17) is 10.5 Å². The lowest BCUT2D eigenvalue weighted by molar-refractivity contribution is -0.142. The summed E-state index contributed by atoms with van der Waals surface area (Å²) in [6.45, 7) is 1.27. The van der Waals surface area contributed by atoms with Crippen LogP contribution in [-0.4, -0.2) is 25.7 Å². The minimum absolute atomic E-state index is 0.0857. The second-order valence-corrected chi connectivity index (χ2v) is 5.31. The van der Waals surface area contributed by atoms with Crippen molar-refractivity contribution in [3.05, 3.63) is 35.9 Å². The van der Waals surface area contributed by atoms with Crippen molar-refractivity contribution in [2.24, 2.45) is 11.1 Å². The molecule has 1 aromatic carbocycles. The highest BCUT2D eigenvalue weighted by Crippen LogP contribution is 2.49. The molecule has 2 N–H and O–H groups in total. The summed E-state index contributed by atoms with van der Waals surface area (Å²) in [7, 11) is 1.37. The minimum Gasteiger partial charge on any atom is -0.468 e. The van der Waals surface area contributed by atoms with Crippen LogP contribution in [0, 0.1) is 5.41 Å². The van der Waals surface area contributed by atoms with Gasteiger partial charge < -0.3 is 15.2 Å². The first-order chi connectivity index (χ1) is 9.15. The highest BCUT2D eigenvalue weighted by molar-refractivity contribution is 5.75. The summed E-state index contributed by atoms with van der Waals surface area (Å²) >= 11 is 0. The number of ether oxygens (including phenoxy) is 2. The number of rotatable bonds is 7. The van der Waals surface area contributed by atoms with Crippen LogP contribution in [0.3, 0.4) is 0 Å². The van der Waals surface area contributed by atoms with E-state index in [9.17, 15) is 4.79 Å². The maximum absolute atomic E-state index is 11.3. The second kappa shape index (κ2) is 6.17. The Morgan fingerprint density at radius 2 is 2.05 bits per heavy atom. The summed E-state index contributed by atoms with van der Waals surface area (Å²) in [5.41, 5.74) is 7.05. The Labute approximate surface area is 113 Å². The molecule has 1 atom stereocenters. The monoisotopic (exact) mass is 263 g/mol. The molecule has 1 aliphatic carbocycles. The molecule has 1 saturated carbocycles. The molecule has 1 fully saturated rings. The summed E-state index contributed by atoms with van der Waals surface area (Å²) in [5.74, 6) is -0.339. The van der Waals surface area contributed by atoms with Gasteiger partial charge in [-0.2, -0.15) is 0 Å². The van der Waals surface area contributed by atoms with Crippen LogP contribution in [0.25, 0.3) is 0 Å². The predicted octanol–water partition coefficient (Wildman–Crippen LogP) is 1.87. The number of nitrogens with two attached hydrogens (primary N) is 1. The van der Waals surface area contributed by atoms with Gasteiger partial charge >= 0.3 is 5.97 Å². The molecule has 19 heavy (non-hydrogen) atoms. The van der Waals surface area contributed by atoms with Gasteiger partial charge in [0.2, 0.25) is 0 Å². The Hall–Kier alpha value is -1.39. The maximum atomic E-state index is 11.3. The van der Waals surface area contributed by atoms with Crippen LogP contribution < -0.4 is 5.73 Å². The predicted molar refractivity (Wildman–Crippen MR) is 72.4 cm³/mol. The van der Waals surface area contributed by atoms with Gasteiger partial charge in [-0.05, 0) is 30.2 Å². The molecule has 1 aromatic rings. The Morgan fingerprint density at radius 3 is 2.63 bits per heavy atom. The molecule has 0 aromatic heterocycles. The van der Waals surface area contributed by atoms with Crippen molar-refractivity contribution in [1.29, 1.82) is 0 Å². The van der Waals surface area contributed by atoms with Crippen molar-refractivity contribution in [3.8, 4) is 0 Å². The fourth-order valence-corrected chi connectivity index (χ4v) is 2.25. The average Bonchev–Trinajstić information content (AvgIpc) is 3.18. The Balaban J connectivity index is 1.75. The Bertz CT molecular complexity index is 415. The molecule has 2 rings (SSSR count). The van der Waals surface area contributed by atoms with E-state index < -0.39 is 6.04 Å². The lowest BCUT2D eigenvalue weighted by atomic mass is 9.98. The van der Waals surface area contributed by atoms with Crippen LogP contribution in [0.1, 0.15) is 24.8 Å². The molecule has 0 unspecified atom stereocenters. The van der Waals surface area contributed by atoms with Crippen LogP contribution in [0.5, 0.6) is 0 Å². The van der Waals surface area contributed by atoms with Crippen LogP contribution in [0.4, 0.5) is 0 Å². The first kappa shape index (κ1) is 14.0. The zero-order chi connectivity index (χ0) is 13.7. The van der Waals surface area contributed by atoms with E-state index in [-0.39, 0.29) is 11.4 Å². The standard InChI is InChI=1S/C15H21NO3/c1-18-14(17)13(16)9-15(7-8-15)11-19-10-12-5-3-2-4-6-12/h2-6,13H,7-11,16H2,1H3/t13-/m0/s1. The van der Waals surface area contributed by atoms with Gasteiger partial charge in [0.1, 0.15) is 6.04 Å². The smallest absolute Gasteiger partial charge is 0.322 e. The van der Waals surface area contributed by atoms with Crippen molar-refractivity contribution in [2.45, 2.75) is 31.9 Å². The van der Waals surface area contributed by atoms with Crippen LogP contribution in [0.2, 0.25) is 0 Å². The number of hydrogen-bond acceptors (Lipinski definition) is 4. The van der Waals surface area contributed by atoms with E-state index in [1.165, 1.54) is 7.11 Å². The maximum Gasteiger partial charge on any atom is 0.322 e. The van der Waals surface area contributed by atoms with Crippen molar-refractivity contribution in [3.63, 3.8) is 0 Å². The van der Waals surface area contributed by atoms with Gasteiger partial charge in [-0.1, -0.05) is 30.3 Å². The average molecular weight is 263 g/mol. The summed E-state index contributed by atoms with van der Waals surface area (Å²) in [5, 5.41) is 0. The molecular weight excluding hydrogens is 242 g/mol. The third-order valence-electron chi connectivity index (χ3n) is 3.63. The summed E-state index contributed by atoms with van der Waals surface area (Å²) in [4.78, 5) is 11.3. The normalized spacial score (nSPS) is 17.8. The van der Waals surface area contributed by atoms with Gasteiger partial charge in [-0.15, -0.1) is 0 Å². The molecule has 0 aliphatic heterocycles. The fraction of sp³-hybridized carbons (Fsp3) is 0.533. The first-order valence-electron chi connectivity index (χ1n) is 6.60. The minimum atomic E-state index is -0.534. The van der Waals surface area contributed by atoms with Crippen molar-refractivity contribution in [1.82, 2.24) is 0 Å². The quantitative estimate of drug-likeness (QED) is 0.763. The molecule has 4 nitrogen and oxygen atoms in total. The molecule has 0 heterocycles. The Morgan fingerprint density at radius 1 is 1.37 bits per heavy atom. The van der Waals surface area contributed by atoms with Gasteiger partial charge in [0.05, 0.1) is 20.3 Å². The van der Waals surface area contributed by atoms with Crippen molar-refractivity contribution >= 4 is 5.97 Å². The van der Waals surface area contributed by atoms with Gasteiger partial charge in [-0.3, -0.25) is 4.79 Å². The van der Waals surface area contributed by atoms with Crippen LogP contribution in [-0.2, 0) is 20.9 Å². The molecule has 0 amide bonds. The molecule has 0 saturated heterocycles.